The minimum atomic E-state index is -0.427. The topological polar surface area (TPSA) is 68.9 Å². The van der Waals surface area contributed by atoms with E-state index in [2.05, 4.69) is 9.97 Å². The van der Waals surface area contributed by atoms with Crippen LogP contribution in [0.5, 0.6) is 0 Å². The molecule has 0 atom stereocenters. The minimum Gasteiger partial charge on any atom is -0.258 e. The number of aryl methyl sites for hydroxylation is 1. The molecule has 0 unspecified atom stereocenters. The fraction of sp³-hybridized carbons (Fsp3) is 0.200. The average molecular weight is 238 g/mol. The lowest BCUT2D eigenvalue weighted by Crippen LogP contribution is -1.98. The highest BCUT2D eigenvalue weighted by Crippen LogP contribution is 2.27. The molecule has 2 rings (SSSR count). The maximum Gasteiger partial charge on any atom is 0.300 e. The quantitative estimate of drug-likeness (QED) is 0.595. The first kappa shape index (κ1) is 10.8. The van der Waals surface area contributed by atoms with Crippen molar-refractivity contribution in [2.45, 2.75) is 13.3 Å². The third-order valence-corrected chi connectivity index (χ3v) is 2.49. The summed E-state index contributed by atoms with van der Waals surface area (Å²) in [6.07, 6.45) is 1.90. The zero-order valence-electron chi connectivity index (χ0n) is 8.48. The molecular formula is C10H8ClN3O2. The second-order valence-corrected chi connectivity index (χ2v) is 3.63. The van der Waals surface area contributed by atoms with Gasteiger partial charge in [0.2, 0.25) is 0 Å². The summed E-state index contributed by atoms with van der Waals surface area (Å²) in [6.45, 7) is 1.86. The van der Waals surface area contributed by atoms with E-state index in [1.807, 2.05) is 6.92 Å². The molecule has 82 valence electrons. The van der Waals surface area contributed by atoms with E-state index < -0.39 is 4.92 Å². The molecule has 16 heavy (non-hydrogen) atoms. The number of nitro benzene ring substituents is 1. The third-order valence-electron chi connectivity index (χ3n) is 2.30. The van der Waals surface area contributed by atoms with Crippen LogP contribution in [0.4, 0.5) is 5.69 Å². The molecule has 5 nitrogen and oxygen atoms in total. The number of benzene rings is 1. The van der Waals surface area contributed by atoms with Gasteiger partial charge in [0, 0.05) is 5.56 Å². The standard InChI is InChI=1S/C10H8ClN3O2/c1-2-6-3-4-7-9(10(6)14(15)16)12-5-8(11)13-7/h3-5H,2H2,1H3. The molecule has 1 aromatic heterocycles. The number of hydrogen-bond acceptors (Lipinski definition) is 4. The summed E-state index contributed by atoms with van der Waals surface area (Å²) >= 11 is 5.68. The lowest BCUT2D eigenvalue weighted by atomic mass is 10.1. The van der Waals surface area contributed by atoms with Gasteiger partial charge in [0.25, 0.3) is 5.69 Å². The van der Waals surface area contributed by atoms with E-state index in [9.17, 15) is 10.1 Å². The van der Waals surface area contributed by atoms with Crippen molar-refractivity contribution in [1.82, 2.24) is 9.97 Å². The van der Waals surface area contributed by atoms with Crippen molar-refractivity contribution in [3.8, 4) is 0 Å². The molecule has 0 aliphatic rings. The Morgan fingerprint density at radius 1 is 1.50 bits per heavy atom. The van der Waals surface area contributed by atoms with E-state index in [1.54, 1.807) is 12.1 Å². The van der Waals surface area contributed by atoms with Crippen molar-refractivity contribution in [1.29, 1.82) is 0 Å². The molecule has 0 saturated carbocycles. The SMILES string of the molecule is CCc1ccc2nc(Cl)cnc2c1[N+](=O)[O-]. The van der Waals surface area contributed by atoms with Crippen LogP contribution >= 0.6 is 11.6 Å². The summed E-state index contributed by atoms with van der Waals surface area (Å²) in [4.78, 5) is 18.5. The molecule has 0 bridgehead atoms. The maximum atomic E-state index is 11.0. The molecular weight excluding hydrogens is 230 g/mol. The number of hydrogen-bond donors (Lipinski definition) is 0. The van der Waals surface area contributed by atoms with Crippen molar-refractivity contribution in [2.75, 3.05) is 0 Å². The molecule has 0 amide bonds. The maximum absolute atomic E-state index is 11.0. The normalized spacial score (nSPS) is 10.6. The van der Waals surface area contributed by atoms with E-state index in [4.69, 9.17) is 11.6 Å². The smallest absolute Gasteiger partial charge is 0.258 e. The van der Waals surface area contributed by atoms with Gasteiger partial charge in [0.1, 0.15) is 5.15 Å². The van der Waals surface area contributed by atoms with Gasteiger partial charge in [-0.05, 0) is 18.6 Å². The number of halogens is 1. The first-order chi connectivity index (χ1) is 7.63. The first-order valence-electron chi connectivity index (χ1n) is 4.72. The van der Waals surface area contributed by atoms with Gasteiger partial charge in [-0.2, -0.15) is 0 Å². The number of rotatable bonds is 2. The van der Waals surface area contributed by atoms with Gasteiger partial charge < -0.3 is 0 Å². The summed E-state index contributed by atoms with van der Waals surface area (Å²) in [5, 5.41) is 11.2. The molecule has 2 aromatic rings. The summed E-state index contributed by atoms with van der Waals surface area (Å²) in [7, 11) is 0. The van der Waals surface area contributed by atoms with Gasteiger partial charge in [-0.1, -0.05) is 18.5 Å². The van der Waals surface area contributed by atoms with Crippen molar-refractivity contribution in [3.63, 3.8) is 0 Å². The summed E-state index contributed by atoms with van der Waals surface area (Å²) < 4.78 is 0. The molecule has 1 aromatic carbocycles. The number of aromatic nitrogens is 2. The van der Waals surface area contributed by atoms with Crippen molar-refractivity contribution in [2.24, 2.45) is 0 Å². The summed E-state index contributed by atoms with van der Waals surface area (Å²) in [5.41, 5.74) is 1.39. The Kier molecular flexibility index (Phi) is 2.70. The van der Waals surface area contributed by atoms with Crippen LogP contribution in [0.1, 0.15) is 12.5 Å². The van der Waals surface area contributed by atoms with Crippen LogP contribution in [-0.4, -0.2) is 14.9 Å². The summed E-state index contributed by atoms with van der Waals surface area (Å²) in [5.74, 6) is 0. The Hall–Kier alpha value is -1.75. The fourth-order valence-electron chi connectivity index (χ4n) is 1.58. The molecule has 6 heteroatoms. The highest BCUT2D eigenvalue weighted by atomic mass is 35.5. The second kappa shape index (κ2) is 4.02. The number of fused-ring (bicyclic) bond motifs is 1. The van der Waals surface area contributed by atoms with Gasteiger partial charge in [0.15, 0.2) is 5.52 Å². The van der Waals surface area contributed by atoms with Crippen LogP contribution in [-0.2, 0) is 6.42 Å². The Balaban J connectivity index is 2.84. The zero-order chi connectivity index (χ0) is 11.7. The molecule has 0 spiro atoms. The highest BCUT2D eigenvalue weighted by Gasteiger charge is 2.19. The van der Waals surface area contributed by atoms with Crippen LogP contribution in [0.25, 0.3) is 11.0 Å². The van der Waals surface area contributed by atoms with Gasteiger partial charge in [-0.25, -0.2) is 9.97 Å². The van der Waals surface area contributed by atoms with Gasteiger partial charge in [-0.3, -0.25) is 10.1 Å². The Morgan fingerprint density at radius 3 is 2.88 bits per heavy atom. The van der Waals surface area contributed by atoms with Gasteiger partial charge >= 0.3 is 0 Å². The van der Waals surface area contributed by atoms with E-state index in [-0.39, 0.29) is 16.4 Å². The molecule has 1 heterocycles. The summed E-state index contributed by atoms with van der Waals surface area (Å²) in [6, 6.07) is 3.38. The van der Waals surface area contributed by atoms with Crippen molar-refractivity contribution in [3.05, 3.63) is 39.2 Å². The third kappa shape index (κ3) is 1.69. The Bertz CT molecular complexity index is 571. The predicted octanol–water partition coefficient (Wildman–Crippen LogP) is 2.75. The molecule has 0 aliphatic carbocycles. The minimum absolute atomic E-state index is 0.0177. The van der Waals surface area contributed by atoms with Gasteiger partial charge in [0.05, 0.1) is 16.6 Å². The van der Waals surface area contributed by atoms with E-state index in [1.165, 1.54) is 6.20 Å². The lowest BCUT2D eigenvalue weighted by molar-refractivity contribution is -0.383. The van der Waals surface area contributed by atoms with Crippen LogP contribution < -0.4 is 0 Å². The van der Waals surface area contributed by atoms with Crippen LogP contribution in [0, 0.1) is 10.1 Å². The largest absolute Gasteiger partial charge is 0.300 e. The second-order valence-electron chi connectivity index (χ2n) is 3.24. The Labute approximate surface area is 96.2 Å². The highest BCUT2D eigenvalue weighted by molar-refractivity contribution is 6.29. The average Bonchev–Trinajstić information content (AvgIpc) is 2.26. The molecule has 0 aliphatic heterocycles. The number of nitrogens with zero attached hydrogens (tertiary/aromatic N) is 3. The number of nitro groups is 1. The zero-order valence-corrected chi connectivity index (χ0v) is 9.23. The van der Waals surface area contributed by atoms with E-state index in [0.29, 0.717) is 17.5 Å². The lowest BCUT2D eigenvalue weighted by Gasteiger charge is -2.03. The first-order valence-corrected chi connectivity index (χ1v) is 5.09. The van der Waals surface area contributed by atoms with Crippen LogP contribution in [0.15, 0.2) is 18.3 Å². The van der Waals surface area contributed by atoms with Crippen LogP contribution in [0.2, 0.25) is 5.15 Å². The van der Waals surface area contributed by atoms with E-state index in [0.717, 1.165) is 0 Å². The molecule has 0 N–H and O–H groups in total. The molecule has 0 radical (unpaired) electrons. The van der Waals surface area contributed by atoms with Crippen molar-refractivity contribution >= 4 is 28.3 Å². The van der Waals surface area contributed by atoms with Crippen molar-refractivity contribution < 1.29 is 4.92 Å². The fourth-order valence-corrected chi connectivity index (χ4v) is 1.72. The van der Waals surface area contributed by atoms with Crippen LogP contribution in [0.3, 0.4) is 0 Å². The molecule has 0 fully saturated rings. The molecule has 0 saturated heterocycles. The monoisotopic (exact) mass is 237 g/mol. The van der Waals surface area contributed by atoms with E-state index >= 15 is 0 Å². The predicted molar refractivity (Wildman–Crippen MR) is 60.6 cm³/mol. The Morgan fingerprint density at radius 2 is 2.25 bits per heavy atom. The van der Waals surface area contributed by atoms with Gasteiger partial charge in [-0.15, -0.1) is 0 Å².